The molecule has 2 aromatic rings. The average Bonchev–Trinajstić information content (AvgIpc) is 3.33. The first kappa shape index (κ1) is 21.5. The summed E-state index contributed by atoms with van der Waals surface area (Å²) in [6.07, 6.45) is 1.58. The summed E-state index contributed by atoms with van der Waals surface area (Å²) >= 11 is 0. The van der Waals surface area contributed by atoms with Crippen LogP contribution in [0.15, 0.2) is 24.3 Å². The molecule has 0 bridgehead atoms. The van der Waals surface area contributed by atoms with Gasteiger partial charge in [0.1, 0.15) is 0 Å². The third-order valence-electron chi connectivity index (χ3n) is 6.50. The van der Waals surface area contributed by atoms with Crippen molar-refractivity contribution in [2.45, 2.75) is 39.2 Å². The van der Waals surface area contributed by atoms with Gasteiger partial charge in [0.05, 0.1) is 23.2 Å². The molecule has 0 saturated carbocycles. The third kappa shape index (κ3) is 4.37. The summed E-state index contributed by atoms with van der Waals surface area (Å²) in [5, 5.41) is 4.58. The maximum Gasteiger partial charge on any atom is 0.274 e. The van der Waals surface area contributed by atoms with E-state index in [-0.39, 0.29) is 35.3 Å². The number of nitrogens with zero attached hydrogens (tertiary/aromatic N) is 3. The maximum absolute atomic E-state index is 13.2. The minimum absolute atomic E-state index is 0.0319. The summed E-state index contributed by atoms with van der Waals surface area (Å²) in [7, 11) is -3.10. The summed E-state index contributed by atoms with van der Waals surface area (Å²) in [5.41, 5.74) is 9.63. The second-order valence-corrected chi connectivity index (χ2v) is 10.9. The van der Waals surface area contributed by atoms with Gasteiger partial charge >= 0.3 is 0 Å². The Labute approximate surface area is 182 Å². The monoisotopic (exact) mass is 444 g/mol. The predicted molar refractivity (Wildman–Crippen MR) is 117 cm³/mol. The molecule has 8 nitrogen and oxygen atoms in total. The van der Waals surface area contributed by atoms with Crippen LogP contribution in [0.5, 0.6) is 0 Å². The molecule has 0 spiro atoms. The van der Waals surface area contributed by atoms with Crippen LogP contribution < -0.4 is 5.73 Å². The molecular weight excluding hydrogens is 416 g/mol. The number of benzene rings is 1. The number of nitrogens with two attached hydrogens (primary N) is 1. The third-order valence-corrected chi connectivity index (χ3v) is 8.25. The zero-order valence-electron chi connectivity index (χ0n) is 17.9. The number of aryl methyl sites for hydroxylation is 2. The molecule has 2 aliphatic heterocycles. The SMILES string of the molecule is Cc1ccc(-c2cc(C(=O)N3CCC(C(N)=O)CC3)nn2C2CCS(=O)(=O)C2)cc1C. The van der Waals surface area contributed by atoms with Gasteiger partial charge in [0.25, 0.3) is 5.91 Å². The van der Waals surface area contributed by atoms with Crippen molar-refractivity contribution < 1.29 is 18.0 Å². The van der Waals surface area contributed by atoms with E-state index in [1.807, 2.05) is 32.0 Å². The molecule has 31 heavy (non-hydrogen) atoms. The van der Waals surface area contributed by atoms with Crippen LogP contribution in [0.4, 0.5) is 0 Å². The van der Waals surface area contributed by atoms with Gasteiger partial charge in [-0.15, -0.1) is 0 Å². The first-order valence-corrected chi connectivity index (χ1v) is 12.4. The lowest BCUT2D eigenvalue weighted by atomic mass is 9.96. The predicted octanol–water partition coefficient (Wildman–Crippen LogP) is 1.86. The Balaban J connectivity index is 1.67. The zero-order valence-corrected chi connectivity index (χ0v) is 18.7. The second kappa shape index (κ2) is 8.11. The molecule has 1 aromatic heterocycles. The van der Waals surface area contributed by atoms with E-state index in [1.54, 1.807) is 15.6 Å². The molecule has 2 saturated heterocycles. The molecule has 2 fully saturated rings. The Kier molecular flexibility index (Phi) is 5.63. The molecule has 2 aliphatic rings. The van der Waals surface area contributed by atoms with Gasteiger partial charge in [-0.2, -0.15) is 5.10 Å². The van der Waals surface area contributed by atoms with E-state index < -0.39 is 9.84 Å². The number of amides is 2. The lowest BCUT2D eigenvalue weighted by Crippen LogP contribution is -2.41. The number of sulfone groups is 1. The zero-order chi connectivity index (χ0) is 22.3. The largest absolute Gasteiger partial charge is 0.369 e. The van der Waals surface area contributed by atoms with Crippen LogP contribution in [0.1, 0.15) is 46.9 Å². The second-order valence-electron chi connectivity index (χ2n) is 8.68. The number of carbonyl (C=O) groups excluding carboxylic acids is 2. The molecule has 0 aliphatic carbocycles. The number of hydrogen-bond acceptors (Lipinski definition) is 5. The van der Waals surface area contributed by atoms with Crippen LogP contribution in [0.3, 0.4) is 0 Å². The molecule has 1 aromatic carbocycles. The average molecular weight is 445 g/mol. The highest BCUT2D eigenvalue weighted by Gasteiger charge is 2.33. The molecule has 1 unspecified atom stereocenters. The van der Waals surface area contributed by atoms with Gasteiger partial charge in [0.15, 0.2) is 15.5 Å². The molecule has 3 heterocycles. The van der Waals surface area contributed by atoms with E-state index >= 15 is 0 Å². The van der Waals surface area contributed by atoms with E-state index in [0.717, 1.165) is 22.4 Å². The smallest absolute Gasteiger partial charge is 0.274 e. The van der Waals surface area contributed by atoms with E-state index in [9.17, 15) is 18.0 Å². The minimum Gasteiger partial charge on any atom is -0.369 e. The quantitative estimate of drug-likeness (QED) is 0.773. The van der Waals surface area contributed by atoms with E-state index in [1.165, 1.54) is 0 Å². The molecular formula is C22H28N4O4S. The number of primary amides is 1. The number of rotatable bonds is 4. The molecule has 9 heteroatoms. The normalized spacial score (nSPS) is 21.4. The van der Waals surface area contributed by atoms with Gasteiger partial charge < -0.3 is 10.6 Å². The van der Waals surface area contributed by atoms with Gasteiger partial charge in [0.2, 0.25) is 5.91 Å². The van der Waals surface area contributed by atoms with Crippen LogP contribution in [0.2, 0.25) is 0 Å². The van der Waals surface area contributed by atoms with E-state index in [4.69, 9.17) is 5.73 Å². The Morgan fingerprint density at radius 3 is 2.35 bits per heavy atom. The van der Waals surface area contributed by atoms with Crippen LogP contribution in [0, 0.1) is 19.8 Å². The van der Waals surface area contributed by atoms with Crippen LogP contribution in [-0.4, -0.2) is 59.5 Å². The van der Waals surface area contributed by atoms with Crippen molar-refractivity contribution in [3.05, 3.63) is 41.1 Å². The van der Waals surface area contributed by atoms with Crippen molar-refractivity contribution in [3.8, 4) is 11.3 Å². The van der Waals surface area contributed by atoms with Crippen molar-refractivity contribution in [2.24, 2.45) is 11.7 Å². The first-order chi connectivity index (χ1) is 14.6. The van der Waals surface area contributed by atoms with Gasteiger partial charge in [-0.3, -0.25) is 14.3 Å². The molecule has 166 valence electrons. The fraction of sp³-hybridized carbons (Fsp3) is 0.500. The summed E-state index contributed by atoms with van der Waals surface area (Å²) in [4.78, 5) is 26.3. The molecule has 2 amide bonds. The van der Waals surface area contributed by atoms with Crippen LogP contribution in [-0.2, 0) is 14.6 Å². The van der Waals surface area contributed by atoms with Crippen molar-refractivity contribution in [2.75, 3.05) is 24.6 Å². The summed E-state index contributed by atoms with van der Waals surface area (Å²) in [6, 6.07) is 7.51. The fourth-order valence-corrected chi connectivity index (χ4v) is 6.08. The van der Waals surface area contributed by atoms with Crippen molar-refractivity contribution >= 4 is 21.7 Å². The first-order valence-electron chi connectivity index (χ1n) is 10.6. The molecule has 0 radical (unpaired) electrons. The van der Waals surface area contributed by atoms with Crippen molar-refractivity contribution in [1.29, 1.82) is 0 Å². The highest BCUT2D eigenvalue weighted by molar-refractivity contribution is 7.91. The van der Waals surface area contributed by atoms with Crippen molar-refractivity contribution in [3.63, 3.8) is 0 Å². The number of hydrogen-bond donors (Lipinski definition) is 1. The number of carbonyl (C=O) groups is 2. The van der Waals surface area contributed by atoms with Crippen molar-refractivity contribution in [1.82, 2.24) is 14.7 Å². The van der Waals surface area contributed by atoms with Crippen LogP contribution in [0.25, 0.3) is 11.3 Å². The lowest BCUT2D eigenvalue weighted by Gasteiger charge is -2.30. The Hall–Kier alpha value is -2.68. The summed E-state index contributed by atoms with van der Waals surface area (Å²) in [5.74, 6) is -0.558. The number of aromatic nitrogens is 2. The van der Waals surface area contributed by atoms with Gasteiger partial charge in [-0.1, -0.05) is 12.1 Å². The Bertz CT molecular complexity index is 1130. The minimum atomic E-state index is -3.10. The topological polar surface area (TPSA) is 115 Å². The molecule has 1 atom stereocenters. The number of piperidine rings is 1. The Morgan fingerprint density at radius 1 is 1.06 bits per heavy atom. The van der Waals surface area contributed by atoms with Gasteiger partial charge in [0, 0.05) is 24.6 Å². The molecule has 2 N–H and O–H groups in total. The lowest BCUT2D eigenvalue weighted by molar-refractivity contribution is -0.123. The summed E-state index contributed by atoms with van der Waals surface area (Å²) < 4.78 is 25.9. The fourth-order valence-electron chi connectivity index (χ4n) is 4.39. The van der Waals surface area contributed by atoms with Crippen LogP contribution >= 0.6 is 0 Å². The summed E-state index contributed by atoms with van der Waals surface area (Å²) in [6.45, 7) is 4.96. The van der Waals surface area contributed by atoms with E-state index in [2.05, 4.69) is 5.10 Å². The molecule has 4 rings (SSSR count). The standard InChI is InChI=1S/C22H28N4O4S/c1-14-3-4-17(11-15(14)2)20-12-19(24-26(20)18-7-10-31(29,30)13-18)22(28)25-8-5-16(6-9-25)21(23)27/h3-4,11-12,16,18H,5-10,13H2,1-2H3,(H2,23,27). The number of likely N-dealkylation sites (tertiary alicyclic amines) is 1. The maximum atomic E-state index is 13.2. The highest BCUT2D eigenvalue weighted by Crippen LogP contribution is 2.31. The highest BCUT2D eigenvalue weighted by atomic mass is 32.2. The van der Waals surface area contributed by atoms with E-state index in [0.29, 0.717) is 38.0 Å². The Morgan fingerprint density at radius 2 is 1.77 bits per heavy atom. The van der Waals surface area contributed by atoms with Gasteiger partial charge in [-0.05, 0) is 56.4 Å². The van der Waals surface area contributed by atoms with Gasteiger partial charge in [-0.25, -0.2) is 8.42 Å².